The van der Waals surface area contributed by atoms with E-state index in [0.29, 0.717) is 0 Å². The largest absolute Gasteiger partial charge is 0.616 e. The third kappa shape index (κ3) is 14.1. The van der Waals surface area contributed by atoms with E-state index in [1.165, 1.54) is 0 Å². The first-order chi connectivity index (χ1) is 6.99. The normalized spacial score (nSPS) is 11.9. The zero-order valence-corrected chi connectivity index (χ0v) is 11.0. The van der Waals surface area contributed by atoms with Crippen LogP contribution < -0.4 is 5.73 Å². The van der Waals surface area contributed by atoms with E-state index in [0.717, 1.165) is 24.3 Å². The van der Waals surface area contributed by atoms with Gasteiger partial charge in [0.25, 0.3) is 0 Å². The molecule has 0 aliphatic rings. The Morgan fingerprint density at radius 1 is 1.47 bits per heavy atom. The molecule has 0 bridgehead atoms. The number of hydrogen-bond acceptors (Lipinski definition) is 4. The quantitative estimate of drug-likeness (QED) is 0.486. The van der Waals surface area contributed by atoms with Crippen molar-refractivity contribution in [3.63, 3.8) is 0 Å². The first-order valence-electron chi connectivity index (χ1n) is 4.93. The van der Waals surface area contributed by atoms with Crippen LogP contribution in [0.2, 0.25) is 0 Å². The van der Waals surface area contributed by atoms with Gasteiger partial charge in [-0.1, -0.05) is 25.0 Å². The van der Waals surface area contributed by atoms with E-state index < -0.39 is 23.2 Å². The van der Waals surface area contributed by atoms with Crippen LogP contribution in [0.5, 0.6) is 0 Å². The molecule has 0 saturated carbocycles. The Kier molecular flexibility index (Phi) is 14.2. The van der Waals surface area contributed by atoms with Gasteiger partial charge in [-0.25, -0.2) is 0 Å². The summed E-state index contributed by atoms with van der Waals surface area (Å²) in [6.45, 7) is 4.13. The van der Waals surface area contributed by atoms with E-state index in [1.807, 2.05) is 0 Å². The maximum Gasteiger partial charge on any atom is 0.321 e. The van der Waals surface area contributed by atoms with E-state index >= 15 is 0 Å². The van der Waals surface area contributed by atoms with Gasteiger partial charge in [0.1, 0.15) is 17.5 Å². The molecule has 0 aromatic rings. The van der Waals surface area contributed by atoms with Gasteiger partial charge in [0.05, 0.1) is 0 Å². The number of carboxylic acid groups (broad SMARTS) is 1. The molecule has 1 atom stereocenters. The zero-order valence-electron chi connectivity index (χ0n) is 9.31. The number of carboxylic acids is 1. The third-order valence-corrected chi connectivity index (χ3v) is 3.50. The topological polar surface area (TPSA) is 86.4 Å². The van der Waals surface area contributed by atoms with Crippen LogP contribution in [0.1, 0.15) is 26.7 Å². The van der Waals surface area contributed by atoms with Crippen molar-refractivity contribution < 1.29 is 14.5 Å². The van der Waals surface area contributed by atoms with Crippen molar-refractivity contribution in [1.82, 2.24) is 0 Å². The standard InChI is InChI=1S/C6H14OS.C3H7NO2S/c1-3-5-8(7)6-4-2;4-2(1-7)3(5)6/h3-6H2,1-2H3;2,7H,1,4H2,(H,5,6). The van der Waals surface area contributed by atoms with Gasteiger partial charge in [-0.15, -0.1) is 0 Å². The highest BCUT2D eigenvalue weighted by Crippen LogP contribution is 1.94. The molecule has 0 aliphatic carbocycles. The Morgan fingerprint density at radius 2 is 1.87 bits per heavy atom. The summed E-state index contributed by atoms with van der Waals surface area (Å²) in [6.07, 6.45) is 2.10. The van der Waals surface area contributed by atoms with E-state index in [9.17, 15) is 9.35 Å². The molecule has 92 valence electrons. The van der Waals surface area contributed by atoms with Crippen LogP contribution in [0.25, 0.3) is 0 Å². The second-order valence-electron chi connectivity index (χ2n) is 2.98. The lowest BCUT2D eigenvalue weighted by Crippen LogP contribution is -2.31. The molecule has 0 aromatic carbocycles. The minimum Gasteiger partial charge on any atom is -0.616 e. The molecule has 1 unspecified atom stereocenters. The van der Waals surface area contributed by atoms with E-state index in [2.05, 4.69) is 26.5 Å². The Bertz CT molecular complexity index is 152. The average molecular weight is 255 g/mol. The lowest BCUT2D eigenvalue weighted by atomic mass is 10.4. The predicted molar refractivity (Wildman–Crippen MR) is 67.9 cm³/mol. The van der Waals surface area contributed by atoms with Crippen LogP contribution >= 0.6 is 12.6 Å². The van der Waals surface area contributed by atoms with Gasteiger partial charge in [0.2, 0.25) is 0 Å². The van der Waals surface area contributed by atoms with Crippen molar-refractivity contribution in [3.05, 3.63) is 0 Å². The number of thiol groups is 1. The van der Waals surface area contributed by atoms with Gasteiger partial charge >= 0.3 is 5.97 Å². The first-order valence-corrected chi connectivity index (χ1v) is 7.05. The van der Waals surface area contributed by atoms with Crippen molar-refractivity contribution in [2.45, 2.75) is 32.7 Å². The summed E-state index contributed by atoms with van der Waals surface area (Å²) in [6, 6.07) is -0.816. The van der Waals surface area contributed by atoms with Crippen molar-refractivity contribution in [2.75, 3.05) is 17.3 Å². The Hall–Kier alpha value is 0.0900. The van der Waals surface area contributed by atoms with Crippen molar-refractivity contribution in [2.24, 2.45) is 5.73 Å². The Morgan fingerprint density at radius 3 is 2.00 bits per heavy atom. The van der Waals surface area contributed by atoms with Crippen molar-refractivity contribution in [1.29, 1.82) is 0 Å². The summed E-state index contributed by atoms with van der Waals surface area (Å²) in [4.78, 5) is 9.76. The van der Waals surface area contributed by atoms with Crippen LogP contribution in [0, 0.1) is 0 Å². The van der Waals surface area contributed by atoms with Crippen LogP contribution in [0.3, 0.4) is 0 Å². The highest BCUT2D eigenvalue weighted by atomic mass is 32.2. The summed E-state index contributed by atoms with van der Waals surface area (Å²) < 4.78 is 10.8. The lowest BCUT2D eigenvalue weighted by molar-refractivity contribution is -0.137. The lowest BCUT2D eigenvalue weighted by Gasteiger charge is -2.06. The molecule has 0 amide bonds. The molecule has 15 heavy (non-hydrogen) atoms. The van der Waals surface area contributed by atoms with Gasteiger partial charge in [0.15, 0.2) is 0 Å². The van der Waals surface area contributed by atoms with Crippen molar-refractivity contribution >= 4 is 29.8 Å². The highest BCUT2D eigenvalue weighted by Gasteiger charge is 2.06. The summed E-state index contributed by atoms with van der Waals surface area (Å²) in [5, 5.41) is 8.01. The highest BCUT2D eigenvalue weighted by molar-refractivity contribution is 7.91. The van der Waals surface area contributed by atoms with Crippen LogP contribution in [-0.4, -0.2) is 38.9 Å². The number of rotatable bonds is 6. The summed E-state index contributed by atoms with van der Waals surface area (Å²) >= 11 is 3.13. The van der Waals surface area contributed by atoms with Crippen LogP contribution in [-0.2, 0) is 16.0 Å². The summed E-state index contributed by atoms with van der Waals surface area (Å²) in [5.41, 5.74) is 4.94. The molecule has 0 spiro atoms. The molecule has 3 N–H and O–H groups in total. The second-order valence-corrected chi connectivity index (χ2v) is 5.04. The number of carbonyl (C=O) groups is 1. The molecule has 4 nitrogen and oxygen atoms in total. The average Bonchev–Trinajstić information content (AvgIpc) is 2.18. The minimum atomic E-state index is -1.00. The van der Waals surface area contributed by atoms with Gasteiger partial charge < -0.3 is 15.4 Å². The first kappa shape index (κ1) is 17.5. The maximum absolute atomic E-state index is 10.8. The third-order valence-electron chi connectivity index (χ3n) is 1.38. The molecule has 0 aromatic heterocycles. The summed E-state index contributed by atoms with van der Waals surface area (Å²) in [7, 11) is 0. The van der Waals surface area contributed by atoms with E-state index in [4.69, 9.17) is 10.8 Å². The number of nitrogens with two attached hydrogens (primary N) is 1. The van der Waals surface area contributed by atoms with Gasteiger partial charge in [0, 0.05) is 5.75 Å². The van der Waals surface area contributed by atoms with Crippen LogP contribution in [0.4, 0.5) is 0 Å². The van der Waals surface area contributed by atoms with Crippen LogP contribution in [0.15, 0.2) is 0 Å². The Balaban J connectivity index is 0. The SMILES string of the molecule is CCC[S+]([O-])CCC.NC(CS)C(=O)O. The molecule has 0 saturated heterocycles. The zero-order chi connectivity index (χ0) is 12.3. The van der Waals surface area contributed by atoms with E-state index in [-0.39, 0.29) is 5.75 Å². The molecule has 0 heterocycles. The van der Waals surface area contributed by atoms with E-state index in [1.54, 1.807) is 0 Å². The molecule has 0 rings (SSSR count). The van der Waals surface area contributed by atoms with Gasteiger partial charge in [-0.05, 0) is 12.8 Å². The smallest absolute Gasteiger partial charge is 0.321 e. The predicted octanol–water partition coefficient (Wildman–Crippen LogP) is 0.883. The molecular formula is C9H21NO3S2. The number of hydrogen-bond donors (Lipinski definition) is 3. The molecular weight excluding hydrogens is 234 g/mol. The summed E-state index contributed by atoms with van der Waals surface area (Å²) in [5.74, 6) is 0.951. The minimum absolute atomic E-state index is 0.190. The fourth-order valence-electron chi connectivity index (χ4n) is 0.635. The molecule has 0 fully saturated rings. The fraction of sp³-hybridized carbons (Fsp3) is 0.889. The maximum atomic E-state index is 10.8. The van der Waals surface area contributed by atoms with Gasteiger partial charge in [-0.3, -0.25) is 4.79 Å². The Labute approximate surface area is 100 Å². The van der Waals surface area contributed by atoms with Gasteiger partial charge in [-0.2, -0.15) is 12.6 Å². The van der Waals surface area contributed by atoms with Crippen molar-refractivity contribution in [3.8, 4) is 0 Å². The number of aliphatic carboxylic acids is 1. The fourth-order valence-corrected chi connectivity index (χ4v) is 1.91. The molecule has 6 heteroatoms. The molecule has 0 radical (unpaired) electrons. The second kappa shape index (κ2) is 12.2. The molecule has 0 aliphatic heterocycles. The monoisotopic (exact) mass is 255 g/mol.